The zero-order chi connectivity index (χ0) is 28.1. The van der Waals surface area contributed by atoms with Crippen LogP contribution >= 0.6 is 0 Å². The first kappa shape index (κ1) is 26.8. The lowest BCUT2D eigenvalue weighted by Gasteiger charge is -2.24. The Bertz CT molecular complexity index is 1500. The summed E-state index contributed by atoms with van der Waals surface area (Å²) in [6.45, 7) is 5.14. The van der Waals surface area contributed by atoms with Crippen molar-refractivity contribution in [1.29, 1.82) is 0 Å². The number of aliphatic hydroxyl groups excluding tert-OH is 1. The molecule has 0 saturated carbocycles. The number of hydrogen-bond acceptors (Lipinski definition) is 6. The van der Waals surface area contributed by atoms with Crippen molar-refractivity contribution >= 4 is 17.4 Å². The van der Waals surface area contributed by atoms with Crippen LogP contribution < -0.4 is 9.47 Å². The third kappa shape index (κ3) is 5.64. The molecule has 7 nitrogen and oxygen atoms in total. The number of carbonyl (C=O) groups excluding carboxylic acids is 2. The fraction of sp³-hybridized carbons (Fsp3) is 0.212. The van der Waals surface area contributed by atoms with Crippen LogP contribution in [0.4, 0.5) is 0 Å². The van der Waals surface area contributed by atoms with Crippen LogP contribution in [0.5, 0.6) is 11.5 Å². The molecule has 3 aromatic carbocycles. The topological polar surface area (TPSA) is 89.2 Å². The average molecular weight is 538 g/mol. The number of rotatable bonds is 10. The van der Waals surface area contributed by atoms with Crippen LogP contribution in [0.2, 0.25) is 0 Å². The number of amides is 1. The Balaban J connectivity index is 1.46. The van der Waals surface area contributed by atoms with Gasteiger partial charge in [-0.25, -0.2) is 0 Å². The van der Waals surface area contributed by atoms with Gasteiger partial charge in [-0.3, -0.25) is 9.59 Å². The molecule has 0 bridgehead atoms. The van der Waals surface area contributed by atoms with Gasteiger partial charge in [0.15, 0.2) is 0 Å². The fourth-order valence-corrected chi connectivity index (χ4v) is 4.72. The van der Waals surface area contributed by atoms with Crippen LogP contribution in [0.15, 0.2) is 101 Å². The van der Waals surface area contributed by atoms with E-state index in [1.165, 1.54) is 11.2 Å². The molecule has 4 aromatic rings. The number of Topliss-reactive ketones (excluding diaryl/α,β-unsaturated/α-hetero) is 1. The smallest absolute Gasteiger partial charge is 0.296 e. The second-order valence-corrected chi connectivity index (χ2v) is 9.66. The lowest BCUT2D eigenvalue weighted by Crippen LogP contribution is -2.29. The Morgan fingerprint density at radius 2 is 1.60 bits per heavy atom. The van der Waals surface area contributed by atoms with Gasteiger partial charge in [0.2, 0.25) is 0 Å². The van der Waals surface area contributed by atoms with E-state index in [-0.39, 0.29) is 17.9 Å². The van der Waals surface area contributed by atoms with Crippen LogP contribution in [0.1, 0.15) is 47.4 Å². The van der Waals surface area contributed by atoms with Crippen molar-refractivity contribution in [2.75, 3.05) is 6.61 Å². The summed E-state index contributed by atoms with van der Waals surface area (Å²) < 4.78 is 17.1. The Hall–Kier alpha value is -4.78. The molecule has 1 fully saturated rings. The number of ether oxygens (including phenoxy) is 2. The van der Waals surface area contributed by atoms with Crippen molar-refractivity contribution in [3.8, 4) is 11.5 Å². The van der Waals surface area contributed by atoms with Crippen molar-refractivity contribution in [3.05, 3.63) is 125 Å². The highest BCUT2D eigenvalue weighted by molar-refractivity contribution is 6.46. The summed E-state index contributed by atoms with van der Waals surface area (Å²) in [5, 5.41) is 11.4. The molecule has 1 aromatic heterocycles. The SMILES string of the molecule is CCCOc1ccc(C2C(=C(O)c3ccc(OCc4ccccc4C)cc3)C(=O)C(=O)N2Cc2ccco2)cc1. The molecule has 204 valence electrons. The summed E-state index contributed by atoms with van der Waals surface area (Å²) in [5.41, 5.74) is 3.33. The lowest BCUT2D eigenvalue weighted by atomic mass is 9.95. The zero-order valence-electron chi connectivity index (χ0n) is 22.5. The standard InChI is InChI=1S/C33H31NO6/c1-3-18-38-26-14-10-23(11-15-26)30-29(32(36)33(37)34(30)20-28-9-6-19-39-28)31(35)24-12-16-27(17-13-24)40-21-25-8-5-4-7-22(25)2/h4-17,19,30,35H,3,18,20-21H2,1-2H3. The van der Waals surface area contributed by atoms with Crippen LogP contribution in [-0.2, 0) is 22.7 Å². The second-order valence-electron chi connectivity index (χ2n) is 9.66. The number of furan rings is 1. The van der Waals surface area contributed by atoms with Gasteiger partial charge in [-0.15, -0.1) is 0 Å². The maximum Gasteiger partial charge on any atom is 0.296 e. The van der Waals surface area contributed by atoms with Gasteiger partial charge in [0.25, 0.3) is 11.7 Å². The molecule has 1 aliphatic heterocycles. The van der Waals surface area contributed by atoms with Gasteiger partial charge in [0, 0.05) is 5.56 Å². The highest BCUT2D eigenvalue weighted by Gasteiger charge is 2.46. The first-order valence-electron chi connectivity index (χ1n) is 13.3. The Morgan fingerprint density at radius 1 is 0.900 bits per heavy atom. The molecule has 0 spiro atoms. The molecule has 2 heterocycles. The van der Waals surface area contributed by atoms with E-state index in [2.05, 4.69) is 0 Å². The number of aliphatic hydroxyl groups is 1. The maximum absolute atomic E-state index is 13.3. The van der Waals surface area contributed by atoms with Gasteiger partial charge >= 0.3 is 0 Å². The van der Waals surface area contributed by atoms with Gasteiger partial charge in [-0.2, -0.15) is 0 Å². The minimum Gasteiger partial charge on any atom is -0.507 e. The summed E-state index contributed by atoms with van der Waals surface area (Å²) >= 11 is 0. The molecule has 1 atom stereocenters. The molecular formula is C33H31NO6. The fourth-order valence-electron chi connectivity index (χ4n) is 4.72. The van der Waals surface area contributed by atoms with E-state index in [0.29, 0.717) is 41.6 Å². The van der Waals surface area contributed by atoms with E-state index in [9.17, 15) is 14.7 Å². The second kappa shape index (κ2) is 11.9. The first-order chi connectivity index (χ1) is 19.5. The number of benzene rings is 3. The van der Waals surface area contributed by atoms with E-state index >= 15 is 0 Å². The van der Waals surface area contributed by atoms with Crippen molar-refractivity contribution in [3.63, 3.8) is 0 Å². The normalized spacial score (nSPS) is 16.4. The molecule has 1 aliphatic rings. The van der Waals surface area contributed by atoms with E-state index in [1.54, 1.807) is 48.5 Å². The van der Waals surface area contributed by atoms with E-state index in [4.69, 9.17) is 13.9 Å². The molecule has 7 heteroatoms. The zero-order valence-corrected chi connectivity index (χ0v) is 22.5. The molecule has 0 aliphatic carbocycles. The van der Waals surface area contributed by atoms with Gasteiger partial charge in [0.1, 0.15) is 29.6 Å². The molecule has 1 amide bonds. The quantitative estimate of drug-likeness (QED) is 0.140. The molecule has 1 saturated heterocycles. The van der Waals surface area contributed by atoms with Crippen LogP contribution in [0.25, 0.3) is 5.76 Å². The van der Waals surface area contributed by atoms with Crippen molar-refractivity contribution in [2.45, 2.75) is 39.5 Å². The van der Waals surface area contributed by atoms with Crippen LogP contribution in [0.3, 0.4) is 0 Å². The molecule has 40 heavy (non-hydrogen) atoms. The van der Waals surface area contributed by atoms with Crippen LogP contribution in [-0.4, -0.2) is 28.3 Å². The summed E-state index contributed by atoms with van der Waals surface area (Å²) in [6, 6.07) is 24.7. The minimum atomic E-state index is -0.803. The van der Waals surface area contributed by atoms with Gasteiger partial charge < -0.3 is 23.9 Å². The summed E-state index contributed by atoms with van der Waals surface area (Å²) in [6.07, 6.45) is 2.39. The first-order valence-corrected chi connectivity index (χ1v) is 13.3. The number of carbonyl (C=O) groups is 2. The van der Waals surface area contributed by atoms with Crippen molar-refractivity contribution in [1.82, 2.24) is 4.90 Å². The number of aryl methyl sites for hydroxylation is 1. The van der Waals surface area contributed by atoms with Gasteiger partial charge in [0.05, 0.1) is 31.0 Å². The Morgan fingerprint density at radius 3 is 2.27 bits per heavy atom. The Labute approximate surface area is 233 Å². The van der Waals surface area contributed by atoms with Gasteiger partial charge in [-0.05, 0) is 78.6 Å². The maximum atomic E-state index is 13.3. The van der Waals surface area contributed by atoms with Crippen molar-refractivity contribution < 1.29 is 28.6 Å². The lowest BCUT2D eigenvalue weighted by molar-refractivity contribution is -0.140. The van der Waals surface area contributed by atoms with Crippen molar-refractivity contribution in [2.24, 2.45) is 0 Å². The van der Waals surface area contributed by atoms with E-state index < -0.39 is 17.7 Å². The number of nitrogens with zero attached hydrogens (tertiary/aromatic N) is 1. The highest BCUT2D eigenvalue weighted by Crippen LogP contribution is 2.41. The monoisotopic (exact) mass is 537 g/mol. The van der Waals surface area contributed by atoms with E-state index in [1.807, 2.05) is 50.2 Å². The number of ketones is 1. The molecule has 1 unspecified atom stereocenters. The predicted molar refractivity (Wildman–Crippen MR) is 151 cm³/mol. The molecule has 5 rings (SSSR count). The van der Waals surface area contributed by atoms with E-state index in [0.717, 1.165) is 17.5 Å². The Kier molecular flexibility index (Phi) is 8.01. The molecule has 0 radical (unpaired) electrons. The summed E-state index contributed by atoms with van der Waals surface area (Å²) in [5.74, 6) is 0.145. The molecule has 1 N–H and O–H groups in total. The highest BCUT2D eigenvalue weighted by atomic mass is 16.5. The van der Waals surface area contributed by atoms with Crippen LogP contribution in [0, 0.1) is 6.92 Å². The predicted octanol–water partition coefficient (Wildman–Crippen LogP) is 6.58. The summed E-state index contributed by atoms with van der Waals surface area (Å²) in [7, 11) is 0. The number of hydrogen-bond donors (Lipinski definition) is 1. The largest absolute Gasteiger partial charge is 0.507 e. The summed E-state index contributed by atoms with van der Waals surface area (Å²) in [4.78, 5) is 28.0. The third-order valence-corrected chi connectivity index (χ3v) is 6.90. The third-order valence-electron chi connectivity index (χ3n) is 6.90. The number of likely N-dealkylation sites (tertiary alicyclic amines) is 1. The molecular weight excluding hydrogens is 506 g/mol. The average Bonchev–Trinajstić information content (AvgIpc) is 3.58. The van der Waals surface area contributed by atoms with Gasteiger partial charge in [-0.1, -0.05) is 43.3 Å². The minimum absolute atomic E-state index is 0.0207.